The minimum absolute atomic E-state index is 0.170. The highest BCUT2D eigenvalue weighted by molar-refractivity contribution is 7.22. The summed E-state index contributed by atoms with van der Waals surface area (Å²) in [6.45, 7) is 1.44. The van der Waals surface area contributed by atoms with E-state index in [1.54, 1.807) is 13.2 Å². The number of carbonyl (C=O) groups excluding carboxylic acids is 2. The average molecular weight is 433 g/mol. The average Bonchev–Trinajstić information content (AvgIpc) is 3.36. The van der Waals surface area contributed by atoms with Crippen molar-refractivity contribution in [1.82, 2.24) is 15.2 Å². The fourth-order valence-electron chi connectivity index (χ4n) is 3.81. The summed E-state index contributed by atoms with van der Waals surface area (Å²) < 4.78 is 6.18. The van der Waals surface area contributed by atoms with Gasteiger partial charge in [0.25, 0.3) is 5.91 Å². The summed E-state index contributed by atoms with van der Waals surface area (Å²) in [6, 6.07) is 11.4. The monoisotopic (exact) mass is 433 g/mol. The number of aromatic nitrogens is 3. The fraction of sp³-hybridized carbons (Fsp3) is 0.182. The number of benzene rings is 2. The van der Waals surface area contributed by atoms with Gasteiger partial charge in [-0.2, -0.15) is 5.10 Å². The van der Waals surface area contributed by atoms with Gasteiger partial charge >= 0.3 is 0 Å². The second-order valence-corrected chi connectivity index (χ2v) is 8.32. The van der Waals surface area contributed by atoms with Crippen molar-refractivity contribution < 1.29 is 14.3 Å². The Labute approximate surface area is 181 Å². The number of hydrogen-bond acceptors (Lipinski definition) is 6. The first-order chi connectivity index (χ1) is 15.0. The molecule has 0 bridgehead atoms. The van der Waals surface area contributed by atoms with E-state index in [1.165, 1.54) is 18.3 Å². The lowest BCUT2D eigenvalue weighted by Gasteiger charge is -2.17. The second kappa shape index (κ2) is 7.51. The van der Waals surface area contributed by atoms with E-state index in [0.717, 1.165) is 51.2 Å². The van der Waals surface area contributed by atoms with Crippen molar-refractivity contribution in [2.24, 2.45) is 0 Å². The van der Waals surface area contributed by atoms with Crippen molar-refractivity contribution in [2.75, 3.05) is 17.7 Å². The van der Waals surface area contributed by atoms with Gasteiger partial charge in [0.15, 0.2) is 5.13 Å². The molecule has 0 atom stereocenters. The van der Waals surface area contributed by atoms with E-state index < -0.39 is 0 Å². The topological polar surface area (TPSA) is 109 Å². The molecule has 3 N–H and O–H groups in total. The molecule has 8 nitrogen and oxygen atoms in total. The third-order valence-electron chi connectivity index (χ3n) is 5.24. The summed E-state index contributed by atoms with van der Waals surface area (Å²) in [5.74, 6) is 0.407. The minimum atomic E-state index is -0.239. The van der Waals surface area contributed by atoms with Crippen LogP contribution < -0.4 is 15.4 Å². The van der Waals surface area contributed by atoms with E-state index in [9.17, 15) is 9.59 Å². The molecule has 1 aliphatic rings. The normalized spacial score (nSPS) is 12.2. The van der Waals surface area contributed by atoms with Crippen LogP contribution in [0.4, 0.5) is 10.8 Å². The van der Waals surface area contributed by atoms with Crippen LogP contribution in [0.25, 0.3) is 21.5 Å². The van der Waals surface area contributed by atoms with E-state index in [1.807, 2.05) is 30.3 Å². The van der Waals surface area contributed by atoms with E-state index in [-0.39, 0.29) is 11.8 Å². The van der Waals surface area contributed by atoms with E-state index in [4.69, 9.17) is 4.74 Å². The number of thiazole rings is 1. The van der Waals surface area contributed by atoms with Crippen LogP contribution in [0.3, 0.4) is 0 Å². The molecule has 2 aromatic heterocycles. The number of ether oxygens (including phenoxy) is 1. The second-order valence-electron chi connectivity index (χ2n) is 7.29. The minimum Gasteiger partial charge on any atom is -0.497 e. The molecule has 0 spiro atoms. The summed E-state index contributed by atoms with van der Waals surface area (Å²) in [6.07, 6.45) is 1.54. The predicted octanol–water partition coefficient (Wildman–Crippen LogP) is 4.00. The number of aromatic amines is 1. The Morgan fingerprint density at radius 3 is 2.81 bits per heavy atom. The number of H-pyrrole nitrogens is 1. The van der Waals surface area contributed by atoms with Gasteiger partial charge in [-0.25, -0.2) is 4.98 Å². The smallest absolute Gasteiger partial charge is 0.273 e. The molecule has 156 valence electrons. The van der Waals surface area contributed by atoms with E-state index >= 15 is 0 Å². The number of rotatable bonds is 4. The number of methoxy groups -OCH3 is 1. The third kappa shape index (κ3) is 3.53. The van der Waals surface area contributed by atoms with Crippen molar-refractivity contribution >= 4 is 44.2 Å². The van der Waals surface area contributed by atoms with Gasteiger partial charge in [0, 0.05) is 23.7 Å². The van der Waals surface area contributed by atoms with Crippen molar-refractivity contribution in [3.63, 3.8) is 0 Å². The number of hydrogen-bond donors (Lipinski definition) is 3. The Morgan fingerprint density at radius 2 is 2.00 bits per heavy atom. The van der Waals surface area contributed by atoms with Crippen molar-refractivity contribution in [3.8, 4) is 17.0 Å². The summed E-state index contributed by atoms with van der Waals surface area (Å²) in [4.78, 5) is 28.6. The molecule has 0 aliphatic heterocycles. The number of nitrogens with zero attached hydrogens (tertiary/aromatic N) is 2. The van der Waals surface area contributed by atoms with Crippen molar-refractivity contribution in [3.05, 3.63) is 53.2 Å². The number of nitrogens with one attached hydrogen (secondary N) is 3. The van der Waals surface area contributed by atoms with Crippen LogP contribution in [0.15, 0.2) is 36.4 Å². The third-order valence-corrected chi connectivity index (χ3v) is 6.17. The van der Waals surface area contributed by atoms with Gasteiger partial charge in [0.1, 0.15) is 11.4 Å². The quantitative estimate of drug-likeness (QED) is 0.451. The molecular weight excluding hydrogens is 414 g/mol. The lowest BCUT2D eigenvalue weighted by atomic mass is 9.89. The van der Waals surface area contributed by atoms with Crippen LogP contribution in [0.1, 0.15) is 28.5 Å². The Hall–Kier alpha value is -3.72. The van der Waals surface area contributed by atoms with Gasteiger partial charge in [-0.05, 0) is 54.8 Å². The van der Waals surface area contributed by atoms with E-state index in [2.05, 4.69) is 25.8 Å². The molecule has 9 heteroatoms. The predicted molar refractivity (Wildman–Crippen MR) is 120 cm³/mol. The fourth-order valence-corrected chi connectivity index (χ4v) is 4.76. The molecule has 2 aromatic carbocycles. The van der Waals surface area contributed by atoms with Gasteiger partial charge in [-0.15, -0.1) is 0 Å². The molecule has 0 radical (unpaired) electrons. The highest BCUT2D eigenvalue weighted by Crippen LogP contribution is 2.36. The summed E-state index contributed by atoms with van der Waals surface area (Å²) in [5, 5.41) is 13.5. The SMILES string of the molecule is COc1ccc2c(c1)CCc1c-2n[nH]c1C(=O)Nc1ccc2nc(NC(C)=O)sc2c1. The zero-order valence-electron chi connectivity index (χ0n) is 16.9. The molecule has 2 amide bonds. The maximum atomic E-state index is 13.0. The first-order valence-electron chi connectivity index (χ1n) is 9.76. The van der Waals surface area contributed by atoms with Crippen LogP contribution >= 0.6 is 11.3 Å². The van der Waals surface area contributed by atoms with Crippen LogP contribution in [0.2, 0.25) is 0 Å². The van der Waals surface area contributed by atoms with Gasteiger partial charge in [0.2, 0.25) is 5.91 Å². The Morgan fingerprint density at radius 1 is 1.13 bits per heavy atom. The first kappa shape index (κ1) is 19.3. The maximum Gasteiger partial charge on any atom is 0.273 e. The molecule has 0 saturated carbocycles. The molecule has 5 rings (SSSR count). The van der Waals surface area contributed by atoms with Gasteiger partial charge in [-0.3, -0.25) is 14.7 Å². The van der Waals surface area contributed by atoms with Crippen molar-refractivity contribution in [2.45, 2.75) is 19.8 Å². The number of fused-ring (bicyclic) bond motifs is 4. The van der Waals surface area contributed by atoms with E-state index in [0.29, 0.717) is 16.5 Å². The summed E-state index contributed by atoms with van der Waals surface area (Å²) in [7, 11) is 1.65. The Kier molecular flexibility index (Phi) is 4.67. The van der Waals surface area contributed by atoms with Crippen LogP contribution in [-0.4, -0.2) is 34.1 Å². The number of amides is 2. The van der Waals surface area contributed by atoms with Crippen LogP contribution in [0.5, 0.6) is 5.75 Å². The Bertz CT molecular complexity index is 1340. The lowest BCUT2D eigenvalue weighted by Crippen LogP contribution is -2.15. The molecule has 0 fully saturated rings. The van der Waals surface area contributed by atoms with Crippen LogP contribution in [-0.2, 0) is 17.6 Å². The Balaban J connectivity index is 1.40. The lowest BCUT2D eigenvalue weighted by molar-refractivity contribution is -0.114. The van der Waals surface area contributed by atoms with Gasteiger partial charge in [0.05, 0.1) is 23.0 Å². The summed E-state index contributed by atoms with van der Waals surface area (Å²) >= 11 is 1.36. The molecule has 2 heterocycles. The number of carbonyl (C=O) groups is 2. The van der Waals surface area contributed by atoms with Crippen LogP contribution in [0, 0.1) is 0 Å². The van der Waals surface area contributed by atoms with Gasteiger partial charge in [-0.1, -0.05) is 11.3 Å². The molecule has 1 aliphatic carbocycles. The summed E-state index contributed by atoms with van der Waals surface area (Å²) in [5.41, 5.74) is 5.80. The molecule has 0 unspecified atom stereocenters. The molecule has 31 heavy (non-hydrogen) atoms. The molecule has 4 aromatic rings. The van der Waals surface area contributed by atoms with Crippen molar-refractivity contribution in [1.29, 1.82) is 0 Å². The highest BCUT2D eigenvalue weighted by Gasteiger charge is 2.25. The largest absolute Gasteiger partial charge is 0.497 e. The molecular formula is C22H19N5O3S. The zero-order chi connectivity index (χ0) is 21.5. The highest BCUT2D eigenvalue weighted by atomic mass is 32.1. The first-order valence-corrected chi connectivity index (χ1v) is 10.6. The maximum absolute atomic E-state index is 13.0. The number of anilines is 2. The standard InChI is InChI=1S/C22H19N5O3S/c1-11(28)23-22-25-17-8-4-13(10-18(17)31-22)24-21(29)20-16-6-3-12-9-14(30-2)5-7-15(12)19(16)26-27-20/h4-5,7-10H,3,6H2,1-2H3,(H,24,29)(H,26,27)(H,23,25,28). The van der Waals surface area contributed by atoms with Gasteiger partial charge < -0.3 is 15.4 Å². The number of aryl methyl sites for hydroxylation is 1. The molecule has 0 saturated heterocycles. The zero-order valence-corrected chi connectivity index (χ0v) is 17.7.